The highest BCUT2D eigenvalue weighted by molar-refractivity contribution is 7.81. The molecule has 0 aliphatic heterocycles. The number of ether oxygens (including phenoxy) is 3. The molecule has 0 radical (unpaired) electrons. The summed E-state index contributed by atoms with van der Waals surface area (Å²) in [5.74, 6) is -1.04. The minimum Gasteiger partial charge on any atom is -0.465 e. The Balaban J connectivity index is 4.93. The summed E-state index contributed by atoms with van der Waals surface area (Å²) in [6.45, 7) is 7.63. The van der Waals surface area contributed by atoms with Gasteiger partial charge in [0, 0.05) is 19.3 Å². The van der Waals surface area contributed by atoms with Crippen molar-refractivity contribution < 1.29 is 28.6 Å². The van der Waals surface area contributed by atoms with Crippen LogP contribution in [-0.4, -0.2) is 53.5 Å². The van der Waals surface area contributed by atoms with Crippen LogP contribution in [0.2, 0.25) is 0 Å². The van der Waals surface area contributed by atoms with E-state index in [1.807, 2.05) is 27.7 Å². The van der Waals surface area contributed by atoms with Gasteiger partial charge in [-0.25, -0.2) is 0 Å². The predicted molar refractivity (Wildman–Crippen MR) is 129 cm³/mol. The molecule has 0 bridgehead atoms. The van der Waals surface area contributed by atoms with Gasteiger partial charge in [-0.1, -0.05) is 27.7 Å². The molecule has 0 fully saturated rings. The summed E-state index contributed by atoms with van der Waals surface area (Å²) in [5, 5.41) is 0.288. The zero-order chi connectivity index (χ0) is 23.2. The average molecular weight is 483 g/mol. The Bertz CT molecular complexity index is 454. The van der Waals surface area contributed by atoms with Crippen LogP contribution in [0.25, 0.3) is 0 Å². The molecule has 176 valence electrons. The summed E-state index contributed by atoms with van der Waals surface area (Å²) >= 11 is 12.8. The number of rotatable bonds is 16. The van der Waals surface area contributed by atoms with Crippen molar-refractivity contribution >= 4 is 55.8 Å². The van der Waals surface area contributed by atoms with Crippen molar-refractivity contribution in [1.82, 2.24) is 0 Å². The monoisotopic (exact) mass is 482 g/mol. The number of thiol groups is 3. The highest BCUT2D eigenvalue weighted by Crippen LogP contribution is 2.25. The fraction of sp³-hybridized carbons (Fsp3) is 0.857. The molecule has 0 aromatic rings. The van der Waals surface area contributed by atoms with E-state index in [0.29, 0.717) is 25.7 Å². The van der Waals surface area contributed by atoms with Crippen LogP contribution < -0.4 is 0 Å². The van der Waals surface area contributed by atoms with Gasteiger partial charge in [-0.2, -0.15) is 37.9 Å². The summed E-state index contributed by atoms with van der Waals surface area (Å²) in [6.07, 6.45) is 3.09. The quantitative estimate of drug-likeness (QED) is 0.173. The summed E-state index contributed by atoms with van der Waals surface area (Å²) in [7, 11) is 0. The second-order valence-electron chi connectivity index (χ2n) is 8.00. The molecule has 0 aliphatic carbocycles. The summed E-state index contributed by atoms with van der Waals surface area (Å²) in [4.78, 5) is 36.2. The third-order valence-electron chi connectivity index (χ3n) is 4.67. The Morgan fingerprint density at radius 3 is 1.13 bits per heavy atom. The molecule has 0 spiro atoms. The topological polar surface area (TPSA) is 78.9 Å². The van der Waals surface area contributed by atoms with Gasteiger partial charge in [0.1, 0.15) is 19.8 Å². The van der Waals surface area contributed by atoms with Gasteiger partial charge >= 0.3 is 17.9 Å². The molecule has 0 rings (SSSR count). The average Bonchev–Trinajstić information content (AvgIpc) is 2.68. The minimum atomic E-state index is -0.785. The van der Waals surface area contributed by atoms with Crippen LogP contribution in [0.3, 0.4) is 0 Å². The third-order valence-corrected chi connectivity index (χ3v) is 5.44. The van der Waals surface area contributed by atoms with Gasteiger partial charge in [-0.15, -0.1) is 0 Å². The van der Waals surface area contributed by atoms with E-state index in [-0.39, 0.29) is 72.7 Å². The van der Waals surface area contributed by atoms with E-state index < -0.39 is 5.41 Å². The molecule has 0 aromatic heterocycles. The van der Waals surface area contributed by atoms with Crippen LogP contribution in [0.5, 0.6) is 0 Å². The SMILES string of the molecule is CCC(COC(=O)CCC(C)S)(COC(=O)CCC(C)S)COC(=O)CCC(C)S. The first kappa shape index (κ1) is 29.5. The number of esters is 3. The fourth-order valence-corrected chi connectivity index (χ4v) is 2.72. The second-order valence-corrected chi connectivity index (χ2v) is 10.6. The van der Waals surface area contributed by atoms with Gasteiger partial charge in [-0.3, -0.25) is 14.4 Å². The van der Waals surface area contributed by atoms with E-state index in [1.165, 1.54) is 0 Å². The highest BCUT2D eigenvalue weighted by atomic mass is 32.1. The Kier molecular flexibility index (Phi) is 15.9. The number of carbonyl (C=O) groups is 3. The fourth-order valence-electron chi connectivity index (χ4n) is 2.33. The van der Waals surface area contributed by atoms with Crippen molar-refractivity contribution in [3.05, 3.63) is 0 Å². The lowest BCUT2D eigenvalue weighted by atomic mass is 9.88. The van der Waals surface area contributed by atoms with E-state index in [2.05, 4.69) is 37.9 Å². The van der Waals surface area contributed by atoms with E-state index in [1.54, 1.807) is 0 Å². The van der Waals surface area contributed by atoms with Crippen LogP contribution in [-0.2, 0) is 28.6 Å². The molecular weight excluding hydrogens is 444 g/mol. The van der Waals surface area contributed by atoms with Crippen LogP contribution >= 0.6 is 37.9 Å². The van der Waals surface area contributed by atoms with Gasteiger partial charge in [0.15, 0.2) is 0 Å². The van der Waals surface area contributed by atoms with E-state index in [9.17, 15) is 14.4 Å². The molecule has 0 aromatic carbocycles. The largest absolute Gasteiger partial charge is 0.465 e. The standard InChI is InChI=1S/C21H38O6S3/c1-5-21(12-25-18(22)9-6-15(2)28,13-26-19(23)10-7-16(3)29)14-27-20(24)11-8-17(4)30/h15-17,28-30H,5-14H2,1-4H3. The molecular formula is C21H38O6S3. The van der Waals surface area contributed by atoms with Crippen molar-refractivity contribution in [3.8, 4) is 0 Å². The second kappa shape index (κ2) is 16.1. The maximum Gasteiger partial charge on any atom is 0.305 e. The molecule has 0 saturated heterocycles. The van der Waals surface area contributed by atoms with Gasteiger partial charge in [-0.05, 0) is 41.4 Å². The Hall–Kier alpha value is -0.540. The molecule has 0 N–H and O–H groups in total. The predicted octanol–water partition coefficient (Wildman–Crippen LogP) is 4.31. The van der Waals surface area contributed by atoms with Gasteiger partial charge < -0.3 is 14.2 Å². The maximum atomic E-state index is 12.1. The van der Waals surface area contributed by atoms with Gasteiger partial charge in [0.2, 0.25) is 0 Å². The highest BCUT2D eigenvalue weighted by Gasteiger charge is 2.34. The lowest BCUT2D eigenvalue weighted by Gasteiger charge is -2.31. The molecule has 3 unspecified atom stereocenters. The van der Waals surface area contributed by atoms with Crippen molar-refractivity contribution in [3.63, 3.8) is 0 Å². The Morgan fingerprint density at radius 2 is 0.933 bits per heavy atom. The van der Waals surface area contributed by atoms with Crippen LogP contribution in [0.1, 0.15) is 72.6 Å². The number of hydrogen-bond donors (Lipinski definition) is 3. The van der Waals surface area contributed by atoms with Crippen LogP contribution in [0.4, 0.5) is 0 Å². The van der Waals surface area contributed by atoms with Crippen molar-refractivity contribution in [2.45, 2.75) is 88.4 Å². The third kappa shape index (κ3) is 15.3. The van der Waals surface area contributed by atoms with Crippen molar-refractivity contribution in [2.24, 2.45) is 5.41 Å². The first-order valence-electron chi connectivity index (χ1n) is 10.5. The molecule has 6 nitrogen and oxygen atoms in total. The lowest BCUT2D eigenvalue weighted by Crippen LogP contribution is -2.39. The Labute approximate surface area is 197 Å². The normalized spacial score (nSPS) is 16.1. The number of carbonyl (C=O) groups excluding carboxylic acids is 3. The van der Waals surface area contributed by atoms with Crippen molar-refractivity contribution in [1.29, 1.82) is 0 Å². The minimum absolute atomic E-state index is 0.00971. The first-order chi connectivity index (χ1) is 14.0. The molecule has 30 heavy (non-hydrogen) atoms. The maximum absolute atomic E-state index is 12.1. The van der Waals surface area contributed by atoms with Crippen LogP contribution in [0.15, 0.2) is 0 Å². The van der Waals surface area contributed by atoms with Gasteiger partial charge in [0.05, 0.1) is 5.41 Å². The molecule has 0 heterocycles. The molecule has 3 atom stereocenters. The van der Waals surface area contributed by atoms with E-state index in [4.69, 9.17) is 14.2 Å². The first-order valence-corrected chi connectivity index (χ1v) is 12.1. The number of hydrogen-bond acceptors (Lipinski definition) is 9. The molecule has 0 saturated carbocycles. The summed E-state index contributed by atoms with van der Waals surface area (Å²) < 4.78 is 16.3. The van der Waals surface area contributed by atoms with Crippen LogP contribution in [0, 0.1) is 5.41 Å². The van der Waals surface area contributed by atoms with Gasteiger partial charge in [0.25, 0.3) is 0 Å². The van der Waals surface area contributed by atoms with Crippen molar-refractivity contribution in [2.75, 3.05) is 19.8 Å². The Morgan fingerprint density at radius 1 is 0.667 bits per heavy atom. The lowest BCUT2D eigenvalue weighted by molar-refractivity contribution is -0.162. The molecule has 0 aliphatic rings. The summed E-state index contributed by atoms with van der Waals surface area (Å²) in [6, 6.07) is 0. The van der Waals surface area contributed by atoms with E-state index in [0.717, 1.165) is 0 Å². The molecule has 0 amide bonds. The molecule has 9 heteroatoms. The van der Waals surface area contributed by atoms with E-state index >= 15 is 0 Å². The smallest absolute Gasteiger partial charge is 0.305 e. The zero-order valence-corrected chi connectivity index (χ0v) is 21.3. The zero-order valence-electron chi connectivity index (χ0n) is 18.6. The summed E-state index contributed by atoms with van der Waals surface area (Å²) in [5.41, 5.74) is -0.785.